The molecule has 0 saturated heterocycles. The molecule has 2 unspecified atom stereocenters. The van der Waals surface area contributed by atoms with Crippen molar-refractivity contribution in [1.82, 2.24) is 10.2 Å². The second-order valence-electron chi connectivity index (χ2n) is 5.17. The van der Waals surface area contributed by atoms with E-state index in [1.807, 2.05) is 7.05 Å². The largest absolute Gasteiger partial charge is 0.317 e. The first kappa shape index (κ1) is 13.9. The predicted molar refractivity (Wildman–Crippen MR) is 64.7 cm³/mol. The van der Waals surface area contributed by atoms with Gasteiger partial charge in [0.2, 0.25) is 0 Å². The number of rotatable bonds is 6. The maximum Gasteiger partial charge on any atom is 0.00991 e. The summed E-state index contributed by atoms with van der Waals surface area (Å²) in [6.07, 6.45) is 1.22. The lowest BCUT2D eigenvalue weighted by Crippen LogP contribution is -2.46. The topological polar surface area (TPSA) is 15.3 Å². The minimum absolute atomic E-state index is 0.326. The van der Waals surface area contributed by atoms with Crippen LogP contribution in [0, 0.1) is 5.41 Å². The summed E-state index contributed by atoms with van der Waals surface area (Å²) in [6, 6.07) is 1.23. The van der Waals surface area contributed by atoms with Crippen LogP contribution < -0.4 is 5.32 Å². The zero-order valence-electron chi connectivity index (χ0n) is 11.0. The monoisotopic (exact) mass is 200 g/mol. The second-order valence-corrected chi connectivity index (χ2v) is 5.17. The first-order valence-electron chi connectivity index (χ1n) is 5.72. The second kappa shape index (κ2) is 5.72. The van der Waals surface area contributed by atoms with E-state index in [0.717, 1.165) is 6.54 Å². The van der Waals surface area contributed by atoms with Crippen molar-refractivity contribution in [2.45, 2.75) is 53.1 Å². The van der Waals surface area contributed by atoms with E-state index in [9.17, 15) is 0 Å². The Morgan fingerprint density at radius 2 is 1.79 bits per heavy atom. The van der Waals surface area contributed by atoms with Gasteiger partial charge in [-0.05, 0) is 39.8 Å². The van der Waals surface area contributed by atoms with E-state index in [1.165, 1.54) is 6.42 Å². The molecular weight excluding hydrogens is 172 g/mol. The summed E-state index contributed by atoms with van der Waals surface area (Å²) < 4.78 is 0. The summed E-state index contributed by atoms with van der Waals surface area (Å²) in [4.78, 5) is 2.45. The van der Waals surface area contributed by atoms with Crippen molar-refractivity contribution >= 4 is 0 Å². The Bertz CT molecular complexity index is 154. The molecule has 0 amide bonds. The third-order valence-corrected chi connectivity index (χ3v) is 3.61. The van der Waals surface area contributed by atoms with Crippen molar-refractivity contribution in [2.75, 3.05) is 20.6 Å². The van der Waals surface area contributed by atoms with Gasteiger partial charge in [-0.2, -0.15) is 0 Å². The van der Waals surface area contributed by atoms with Crippen molar-refractivity contribution < 1.29 is 0 Å². The number of nitrogens with zero attached hydrogens (tertiary/aromatic N) is 1. The third kappa shape index (κ3) is 3.97. The van der Waals surface area contributed by atoms with Crippen LogP contribution in [-0.4, -0.2) is 37.6 Å². The maximum absolute atomic E-state index is 3.34. The van der Waals surface area contributed by atoms with Gasteiger partial charge in [-0.15, -0.1) is 0 Å². The smallest absolute Gasteiger partial charge is 0.00991 e. The molecule has 0 spiro atoms. The molecule has 0 bridgehead atoms. The Morgan fingerprint density at radius 1 is 1.29 bits per heavy atom. The Labute approximate surface area is 90.1 Å². The normalized spacial score (nSPS) is 17.1. The highest BCUT2D eigenvalue weighted by Gasteiger charge is 2.27. The number of hydrogen-bond acceptors (Lipinski definition) is 2. The minimum Gasteiger partial charge on any atom is -0.317 e. The van der Waals surface area contributed by atoms with Gasteiger partial charge in [0.15, 0.2) is 0 Å². The first-order chi connectivity index (χ1) is 6.35. The molecule has 14 heavy (non-hydrogen) atoms. The van der Waals surface area contributed by atoms with Crippen molar-refractivity contribution in [3.63, 3.8) is 0 Å². The van der Waals surface area contributed by atoms with Crippen LogP contribution in [0.4, 0.5) is 0 Å². The molecule has 0 rings (SSSR count). The Morgan fingerprint density at radius 3 is 2.14 bits per heavy atom. The van der Waals surface area contributed by atoms with Crippen LogP contribution in [0.5, 0.6) is 0 Å². The molecule has 0 heterocycles. The van der Waals surface area contributed by atoms with Crippen LogP contribution in [0.3, 0.4) is 0 Å². The standard InChI is InChI=1S/C12H28N2/c1-8-10(2)14(7)9-12(4,5)11(3)13-6/h10-11,13H,8-9H2,1-7H3. The lowest BCUT2D eigenvalue weighted by molar-refractivity contribution is 0.137. The fraction of sp³-hybridized carbons (Fsp3) is 1.00. The molecule has 0 aromatic carbocycles. The third-order valence-electron chi connectivity index (χ3n) is 3.61. The van der Waals surface area contributed by atoms with Gasteiger partial charge in [0.25, 0.3) is 0 Å². The van der Waals surface area contributed by atoms with Gasteiger partial charge in [0.05, 0.1) is 0 Å². The fourth-order valence-corrected chi connectivity index (χ4v) is 1.64. The van der Waals surface area contributed by atoms with E-state index in [0.29, 0.717) is 17.5 Å². The molecule has 2 nitrogen and oxygen atoms in total. The molecule has 2 atom stereocenters. The quantitative estimate of drug-likeness (QED) is 0.708. The van der Waals surface area contributed by atoms with Crippen LogP contribution in [0.2, 0.25) is 0 Å². The van der Waals surface area contributed by atoms with Crippen molar-refractivity contribution in [1.29, 1.82) is 0 Å². The molecule has 0 radical (unpaired) electrons. The van der Waals surface area contributed by atoms with Gasteiger partial charge in [-0.25, -0.2) is 0 Å². The highest BCUT2D eigenvalue weighted by atomic mass is 15.1. The van der Waals surface area contributed by atoms with Gasteiger partial charge in [0, 0.05) is 18.6 Å². The maximum atomic E-state index is 3.34. The van der Waals surface area contributed by atoms with E-state index < -0.39 is 0 Å². The summed E-state index contributed by atoms with van der Waals surface area (Å²) in [5.41, 5.74) is 0.326. The van der Waals surface area contributed by atoms with Gasteiger partial charge >= 0.3 is 0 Å². The van der Waals surface area contributed by atoms with Gasteiger partial charge in [-0.1, -0.05) is 20.8 Å². The van der Waals surface area contributed by atoms with E-state index in [1.54, 1.807) is 0 Å². The zero-order chi connectivity index (χ0) is 11.4. The van der Waals surface area contributed by atoms with Crippen molar-refractivity contribution in [2.24, 2.45) is 5.41 Å². The highest BCUT2D eigenvalue weighted by Crippen LogP contribution is 2.22. The molecule has 1 N–H and O–H groups in total. The minimum atomic E-state index is 0.326. The van der Waals surface area contributed by atoms with Crippen LogP contribution in [0.1, 0.15) is 41.0 Å². The predicted octanol–water partition coefficient (Wildman–Crippen LogP) is 2.35. The summed E-state index contributed by atoms with van der Waals surface area (Å²) in [5.74, 6) is 0. The van der Waals surface area contributed by atoms with Crippen LogP contribution >= 0.6 is 0 Å². The van der Waals surface area contributed by atoms with Crippen LogP contribution in [0.15, 0.2) is 0 Å². The molecule has 0 aliphatic rings. The lowest BCUT2D eigenvalue weighted by atomic mass is 9.84. The average Bonchev–Trinajstić information content (AvgIpc) is 2.14. The summed E-state index contributed by atoms with van der Waals surface area (Å²) >= 11 is 0. The SMILES string of the molecule is CCC(C)N(C)CC(C)(C)C(C)NC. The van der Waals surface area contributed by atoms with E-state index in [2.05, 4.69) is 51.9 Å². The molecule has 0 saturated carbocycles. The molecule has 0 fully saturated rings. The molecule has 86 valence electrons. The Hall–Kier alpha value is -0.0800. The molecular formula is C12H28N2. The molecule has 0 aromatic rings. The van der Waals surface area contributed by atoms with Gasteiger partial charge < -0.3 is 10.2 Å². The summed E-state index contributed by atoms with van der Waals surface area (Å²) in [6.45, 7) is 12.6. The lowest BCUT2D eigenvalue weighted by Gasteiger charge is -2.37. The number of hydrogen-bond donors (Lipinski definition) is 1. The molecule has 0 aliphatic heterocycles. The average molecular weight is 200 g/mol. The molecule has 0 aromatic heterocycles. The van der Waals surface area contributed by atoms with Crippen molar-refractivity contribution in [3.8, 4) is 0 Å². The Balaban J connectivity index is 4.20. The fourth-order valence-electron chi connectivity index (χ4n) is 1.64. The number of nitrogens with one attached hydrogen (secondary N) is 1. The first-order valence-corrected chi connectivity index (χ1v) is 5.72. The van der Waals surface area contributed by atoms with Crippen molar-refractivity contribution in [3.05, 3.63) is 0 Å². The van der Waals surface area contributed by atoms with Gasteiger partial charge in [-0.3, -0.25) is 0 Å². The van der Waals surface area contributed by atoms with Gasteiger partial charge in [0.1, 0.15) is 0 Å². The van der Waals surface area contributed by atoms with Crippen LogP contribution in [0.25, 0.3) is 0 Å². The molecule has 2 heteroatoms. The van der Waals surface area contributed by atoms with E-state index >= 15 is 0 Å². The zero-order valence-corrected chi connectivity index (χ0v) is 11.0. The van der Waals surface area contributed by atoms with E-state index in [-0.39, 0.29) is 0 Å². The van der Waals surface area contributed by atoms with E-state index in [4.69, 9.17) is 0 Å². The van der Waals surface area contributed by atoms with Crippen LogP contribution in [-0.2, 0) is 0 Å². The summed E-state index contributed by atoms with van der Waals surface area (Å²) in [5, 5.41) is 3.34. The highest BCUT2D eigenvalue weighted by molar-refractivity contribution is 4.83. The Kier molecular flexibility index (Phi) is 5.68. The molecule has 0 aliphatic carbocycles. The summed E-state index contributed by atoms with van der Waals surface area (Å²) in [7, 11) is 4.26.